The van der Waals surface area contributed by atoms with Crippen LogP contribution < -0.4 is 0 Å². The van der Waals surface area contributed by atoms with Gasteiger partial charge in [-0.3, -0.25) is 4.90 Å². The standard InChI is InChI=1S/C30H47F2N3O5/c1-20(2)5-6-23-28(3,40-23)26-25(37-4)22(7-8-30(26)19-38-30)39-27(36)35-17-29(18-35)13-21(14-29)15-33-9-11-34(12-10-33)16-24(31)32/h5,21-26H,6-19H2,1-4H3/t22?,23-,25?,26?,28+,30?/m1/s1. The average molecular weight is 568 g/mol. The van der Waals surface area contributed by atoms with E-state index in [1.54, 1.807) is 7.11 Å². The van der Waals surface area contributed by atoms with Gasteiger partial charge in [0.05, 0.1) is 25.2 Å². The molecule has 0 bridgehead atoms. The number of epoxide rings is 2. The number of ether oxygens (including phenoxy) is 4. The minimum atomic E-state index is -2.25. The summed E-state index contributed by atoms with van der Waals surface area (Å²) in [5.41, 5.74) is 0.946. The number of halogens is 2. The number of amides is 1. The molecule has 2 saturated carbocycles. The van der Waals surface area contributed by atoms with E-state index in [2.05, 4.69) is 31.7 Å². The number of likely N-dealkylation sites (tertiary alicyclic amines) is 1. The summed E-state index contributed by atoms with van der Waals surface area (Å²) in [7, 11) is 1.71. The lowest BCUT2D eigenvalue weighted by atomic mass is 9.57. The van der Waals surface area contributed by atoms with Gasteiger partial charge in [0.25, 0.3) is 6.43 Å². The number of hydrogen-bond acceptors (Lipinski definition) is 7. The van der Waals surface area contributed by atoms with Gasteiger partial charge in [-0.15, -0.1) is 0 Å². The molecule has 4 saturated heterocycles. The molecule has 0 N–H and O–H groups in total. The molecule has 6 fully saturated rings. The second kappa shape index (κ2) is 10.7. The van der Waals surface area contributed by atoms with Crippen LogP contribution in [0.4, 0.5) is 13.6 Å². The van der Waals surface area contributed by atoms with Crippen LogP contribution in [-0.2, 0) is 18.9 Å². The van der Waals surface area contributed by atoms with Crippen LogP contribution in [0.1, 0.15) is 52.9 Å². The number of piperazine rings is 1. The number of carbonyl (C=O) groups is 1. The average Bonchev–Trinajstić information content (AvgIpc) is 3.77. The van der Waals surface area contributed by atoms with Gasteiger partial charge in [0, 0.05) is 58.3 Å². The molecule has 2 spiro atoms. The van der Waals surface area contributed by atoms with Gasteiger partial charge in [-0.05, 0) is 58.8 Å². The first kappa shape index (κ1) is 28.8. The Labute approximate surface area is 237 Å². The van der Waals surface area contributed by atoms with Crippen molar-refractivity contribution < 1.29 is 32.5 Å². The zero-order chi connectivity index (χ0) is 28.3. The van der Waals surface area contributed by atoms with E-state index in [1.165, 1.54) is 5.57 Å². The number of carbonyl (C=O) groups excluding carboxylic acids is 1. The summed E-state index contributed by atoms with van der Waals surface area (Å²) in [6.45, 7) is 12.7. The summed E-state index contributed by atoms with van der Waals surface area (Å²) < 4.78 is 49.7. The van der Waals surface area contributed by atoms with Crippen LogP contribution in [0.25, 0.3) is 0 Å². The van der Waals surface area contributed by atoms with Crippen LogP contribution in [0.3, 0.4) is 0 Å². The summed E-state index contributed by atoms with van der Waals surface area (Å²) in [4.78, 5) is 19.3. The Morgan fingerprint density at radius 3 is 2.40 bits per heavy atom. The SMILES string of the molecule is COC1C(OC(=O)N2CC3(CC(CN4CCN(CC(F)F)CC4)C3)C2)CCC2(CO2)C1[C@@]1(C)O[C@@H]1CC=C(C)C. The molecule has 8 nitrogen and oxygen atoms in total. The fourth-order valence-electron chi connectivity index (χ4n) is 8.43. The maximum absolute atomic E-state index is 13.2. The summed E-state index contributed by atoms with van der Waals surface area (Å²) in [6.07, 6.45) is 4.02. The van der Waals surface area contributed by atoms with Crippen LogP contribution in [0.15, 0.2) is 11.6 Å². The molecule has 0 radical (unpaired) electrons. The molecule has 0 aromatic carbocycles. The predicted molar refractivity (Wildman–Crippen MR) is 145 cm³/mol. The second-order valence-electron chi connectivity index (χ2n) is 13.9. The van der Waals surface area contributed by atoms with E-state index in [9.17, 15) is 13.6 Å². The van der Waals surface area contributed by atoms with Gasteiger partial charge < -0.3 is 28.7 Å². The van der Waals surface area contributed by atoms with E-state index >= 15 is 0 Å². The predicted octanol–water partition coefficient (Wildman–Crippen LogP) is 3.79. The Hall–Kier alpha value is -1.33. The van der Waals surface area contributed by atoms with E-state index in [0.717, 1.165) is 77.9 Å². The highest BCUT2D eigenvalue weighted by Gasteiger charge is 2.72. The van der Waals surface area contributed by atoms with E-state index in [-0.39, 0.29) is 53.5 Å². The first-order valence-electron chi connectivity index (χ1n) is 15.2. The van der Waals surface area contributed by atoms with Crippen molar-refractivity contribution in [2.24, 2.45) is 17.3 Å². The van der Waals surface area contributed by atoms with Crippen LogP contribution in [0, 0.1) is 17.3 Å². The van der Waals surface area contributed by atoms with E-state index in [0.29, 0.717) is 12.5 Å². The molecule has 40 heavy (non-hydrogen) atoms. The number of nitrogens with zero attached hydrogens (tertiary/aromatic N) is 3. The number of alkyl halides is 2. The largest absolute Gasteiger partial charge is 0.443 e. The quantitative estimate of drug-likeness (QED) is 0.310. The Morgan fingerprint density at radius 1 is 1.12 bits per heavy atom. The topological polar surface area (TPSA) is 70.3 Å². The van der Waals surface area contributed by atoms with Crippen molar-refractivity contribution in [3.63, 3.8) is 0 Å². The molecule has 0 aromatic heterocycles. The lowest BCUT2D eigenvalue weighted by Gasteiger charge is -2.59. The van der Waals surface area contributed by atoms with Gasteiger partial charge in [-0.1, -0.05) is 11.6 Å². The third-order valence-electron chi connectivity index (χ3n) is 10.6. The van der Waals surface area contributed by atoms with Crippen molar-refractivity contribution in [1.29, 1.82) is 0 Å². The van der Waals surface area contributed by atoms with Crippen molar-refractivity contribution in [3.05, 3.63) is 11.6 Å². The fraction of sp³-hybridized carbons (Fsp3) is 0.900. The number of allylic oxidation sites excluding steroid dienone is 1. The minimum absolute atomic E-state index is 0.0273. The van der Waals surface area contributed by atoms with Crippen LogP contribution >= 0.6 is 0 Å². The molecule has 6 atom stereocenters. The van der Waals surface area contributed by atoms with Gasteiger partial charge in [-0.2, -0.15) is 0 Å². The first-order valence-corrected chi connectivity index (χ1v) is 15.2. The van der Waals surface area contributed by atoms with Crippen molar-refractivity contribution >= 4 is 6.09 Å². The van der Waals surface area contributed by atoms with E-state index < -0.39 is 6.43 Å². The van der Waals surface area contributed by atoms with Gasteiger partial charge in [0.2, 0.25) is 0 Å². The first-order chi connectivity index (χ1) is 19.0. The molecule has 4 aliphatic heterocycles. The summed E-state index contributed by atoms with van der Waals surface area (Å²) >= 11 is 0. The molecule has 1 amide bonds. The smallest absolute Gasteiger partial charge is 0.410 e. The Bertz CT molecular complexity index is 966. The van der Waals surface area contributed by atoms with Gasteiger partial charge in [0.15, 0.2) is 0 Å². The third-order valence-corrected chi connectivity index (χ3v) is 10.6. The highest BCUT2D eigenvalue weighted by molar-refractivity contribution is 5.69. The minimum Gasteiger partial charge on any atom is -0.443 e. The van der Waals surface area contributed by atoms with Crippen LogP contribution in [0.2, 0.25) is 0 Å². The van der Waals surface area contributed by atoms with E-state index in [4.69, 9.17) is 18.9 Å². The van der Waals surface area contributed by atoms with Crippen molar-refractivity contribution in [3.8, 4) is 0 Å². The van der Waals surface area contributed by atoms with Gasteiger partial charge in [0.1, 0.15) is 23.4 Å². The van der Waals surface area contributed by atoms with Gasteiger partial charge in [-0.25, -0.2) is 13.6 Å². The zero-order valence-electron chi connectivity index (χ0n) is 24.6. The monoisotopic (exact) mass is 567 g/mol. The third kappa shape index (κ3) is 5.55. The lowest BCUT2D eigenvalue weighted by molar-refractivity contribution is -0.137. The molecular formula is C30H47F2N3O5. The Kier molecular flexibility index (Phi) is 7.73. The maximum atomic E-state index is 13.2. The maximum Gasteiger partial charge on any atom is 0.410 e. The van der Waals surface area contributed by atoms with Crippen molar-refractivity contribution in [1.82, 2.24) is 14.7 Å². The van der Waals surface area contributed by atoms with Crippen LogP contribution in [0.5, 0.6) is 0 Å². The van der Waals surface area contributed by atoms with Crippen LogP contribution in [-0.4, -0.2) is 123 Å². The number of methoxy groups -OCH3 is 1. The van der Waals surface area contributed by atoms with Crippen molar-refractivity contribution in [2.75, 3.05) is 66.1 Å². The lowest BCUT2D eigenvalue weighted by Crippen LogP contribution is -2.65. The number of rotatable bonds is 9. The molecule has 10 heteroatoms. The van der Waals surface area contributed by atoms with Crippen molar-refractivity contribution in [2.45, 2.75) is 88.8 Å². The zero-order valence-corrected chi connectivity index (χ0v) is 24.6. The summed E-state index contributed by atoms with van der Waals surface area (Å²) in [5, 5.41) is 0. The normalized spacial score (nSPS) is 39.2. The number of hydrogen-bond donors (Lipinski definition) is 0. The molecule has 226 valence electrons. The Balaban J connectivity index is 0.965. The molecule has 4 heterocycles. The molecule has 2 aliphatic carbocycles. The fourth-order valence-corrected chi connectivity index (χ4v) is 8.43. The molecular weight excluding hydrogens is 520 g/mol. The van der Waals surface area contributed by atoms with E-state index in [1.807, 2.05) is 9.80 Å². The summed E-state index contributed by atoms with van der Waals surface area (Å²) in [6, 6.07) is 0. The van der Waals surface area contributed by atoms with Gasteiger partial charge >= 0.3 is 6.09 Å². The Morgan fingerprint density at radius 2 is 1.80 bits per heavy atom. The summed E-state index contributed by atoms with van der Waals surface area (Å²) in [5.74, 6) is 0.657. The second-order valence-corrected chi connectivity index (χ2v) is 13.9. The molecule has 6 aliphatic rings. The highest BCUT2D eigenvalue weighted by atomic mass is 19.3. The molecule has 4 unspecified atom stereocenters. The highest BCUT2D eigenvalue weighted by Crippen LogP contribution is 2.60. The molecule has 6 rings (SSSR count). The molecule has 0 aromatic rings.